The number of nitrogens with one attached hydrogen (secondary N) is 2. The van der Waals surface area contributed by atoms with E-state index in [9.17, 15) is 14.0 Å². The lowest BCUT2D eigenvalue weighted by Crippen LogP contribution is -2.20. The van der Waals surface area contributed by atoms with Gasteiger partial charge in [-0.25, -0.2) is 4.39 Å². The zero-order valence-corrected chi connectivity index (χ0v) is 20.5. The Labute approximate surface area is 217 Å². The van der Waals surface area contributed by atoms with Gasteiger partial charge in [0.1, 0.15) is 24.3 Å². The highest BCUT2D eigenvalue weighted by Gasteiger charge is 2.23. The van der Waals surface area contributed by atoms with E-state index in [1.54, 1.807) is 36.4 Å². The SMILES string of the molecule is O=C(Nc1ccc(SC(C(=O)Nc2ccc3c(c2)OCCO3)c2ccccc2)cc1)c1ccccc1F. The number of rotatable bonds is 7. The van der Waals surface area contributed by atoms with E-state index in [1.165, 1.54) is 30.0 Å². The molecule has 6 nitrogen and oxygen atoms in total. The van der Waals surface area contributed by atoms with E-state index in [1.807, 2.05) is 42.5 Å². The number of fused-ring (bicyclic) bond motifs is 1. The number of hydrogen-bond donors (Lipinski definition) is 2. The van der Waals surface area contributed by atoms with Crippen LogP contribution in [-0.4, -0.2) is 25.0 Å². The van der Waals surface area contributed by atoms with Gasteiger partial charge >= 0.3 is 0 Å². The molecule has 2 N–H and O–H groups in total. The van der Waals surface area contributed by atoms with Crippen molar-refractivity contribution < 1.29 is 23.5 Å². The van der Waals surface area contributed by atoms with Gasteiger partial charge in [-0.05, 0) is 54.1 Å². The lowest BCUT2D eigenvalue weighted by atomic mass is 10.1. The van der Waals surface area contributed by atoms with E-state index in [0.29, 0.717) is 36.1 Å². The van der Waals surface area contributed by atoms with Crippen LogP contribution in [0.4, 0.5) is 15.8 Å². The number of carbonyl (C=O) groups is 2. The molecular formula is C29H23FN2O4S. The average Bonchev–Trinajstić information content (AvgIpc) is 2.93. The zero-order chi connectivity index (χ0) is 25.6. The summed E-state index contributed by atoms with van der Waals surface area (Å²) in [5.74, 6) is -0.0485. The van der Waals surface area contributed by atoms with Gasteiger partial charge in [0.2, 0.25) is 5.91 Å². The smallest absolute Gasteiger partial charge is 0.258 e. The lowest BCUT2D eigenvalue weighted by molar-refractivity contribution is -0.115. The van der Waals surface area contributed by atoms with E-state index in [2.05, 4.69) is 10.6 Å². The molecule has 2 amide bonds. The number of anilines is 2. The van der Waals surface area contributed by atoms with E-state index in [-0.39, 0.29) is 11.5 Å². The summed E-state index contributed by atoms with van der Waals surface area (Å²) in [4.78, 5) is 26.6. The van der Waals surface area contributed by atoms with Gasteiger partial charge in [-0.1, -0.05) is 42.5 Å². The first-order valence-electron chi connectivity index (χ1n) is 11.6. The highest BCUT2D eigenvalue weighted by Crippen LogP contribution is 2.38. The van der Waals surface area contributed by atoms with Crippen molar-refractivity contribution in [1.82, 2.24) is 0 Å². The van der Waals surface area contributed by atoms with Crippen LogP contribution >= 0.6 is 11.8 Å². The third-order valence-electron chi connectivity index (χ3n) is 5.63. The number of halogens is 1. The molecule has 1 atom stereocenters. The van der Waals surface area contributed by atoms with Crippen LogP contribution in [0.1, 0.15) is 21.2 Å². The molecule has 186 valence electrons. The van der Waals surface area contributed by atoms with Crippen LogP contribution in [-0.2, 0) is 4.79 Å². The van der Waals surface area contributed by atoms with Crippen molar-refractivity contribution in [3.63, 3.8) is 0 Å². The van der Waals surface area contributed by atoms with E-state index in [4.69, 9.17) is 9.47 Å². The molecule has 0 bridgehead atoms. The fourth-order valence-electron chi connectivity index (χ4n) is 3.83. The van der Waals surface area contributed by atoms with E-state index >= 15 is 0 Å². The monoisotopic (exact) mass is 514 g/mol. The van der Waals surface area contributed by atoms with Gasteiger partial charge in [0.25, 0.3) is 5.91 Å². The van der Waals surface area contributed by atoms with Crippen LogP contribution in [0, 0.1) is 5.82 Å². The zero-order valence-electron chi connectivity index (χ0n) is 19.6. The standard InChI is InChI=1S/C29H23FN2O4S/c30-24-9-5-4-8-23(24)28(33)31-20-10-13-22(14-11-20)37-27(19-6-2-1-3-7-19)29(34)32-21-12-15-25-26(18-21)36-17-16-35-25/h1-15,18,27H,16-17H2,(H,31,33)(H,32,34). The summed E-state index contributed by atoms with van der Waals surface area (Å²) in [6.07, 6.45) is 0. The molecule has 0 radical (unpaired) electrons. The minimum absolute atomic E-state index is 0.0269. The molecule has 5 rings (SSSR count). The van der Waals surface area contributed by atoms with Crippen LogP contribution in [0.3, 0.4) is 0 Å². The Kier molecular flexibility index (Phi) is 7.37. The van der Waals surface area contributed by atoms with Gasteiger partial charge in [-0.2, -0.15) is 0 Å². The van der Waals surface area contributed by atoms with Crippen LogP contribution in [0.15, 0.2) is 102 Å². The van der Waals surface area contributed by atoms with Gasteiger partial charge in [0.15, 0.2) is 11.5 Å². The Morgan fingerprint density at radius 1 is 0.757 bits per heavy atom. The fraction of sp³-hybridized carbons (Fsp3) is 0.103. The first kappa shape index (κ1) is 24.4. The number of thioether (sulfide) groups is 1. The summed E-state index contributed by atoms with van der Waals surface area (Å²) in [5, 5.41) is 5.15. The summed E-state index contributed by atoms with van der Waals surface area (Å²) in [5.41, 5.74) is 1.96. The van der Waals surface area contributed by atoms with Gasteiger partial charge in [-0.15, -0.1) is 11.8 Å². The molecule has 0 saturated carbocycles. The minimum atomic E-state index is -0.582. The molecule has 4 aromatic rings. The summed E-state index contributed by atoms with van der Waals surface area (Å²) in [6.45, 7) is 0.959. The third-order valence-corrected chi connectivity index (χ3v) is 6.90. The number of hydrogen-bond acceptors (Lipinski definition) is 5. The second kappa shape index (κ2) is 11.2. The minimum Gasteiger partial charge on any atom is -0.486 e. The maximum atomic E-state index is 13.9. The summed E-state index contributed by atoms with van der Waals surface area (Å²) in [6, 6.07) is 27.7. The van der Waals surface area contributed by atoms with Crippen LogP contribution in [0.5, 0.6) is 11.5 Å². The molecule has 0 aromatic heterocycles. The van der Waals surface area contributed by atoms with Gasteiger partial charge in [0.05, 0.1) is 5.56 Å². The molecule has 0 spiro atoms. The maximum absolute atomic E-state index is 13.9. The van der Waals surface area contributed by atoms with Crippen molar-refractivity contribution in [2.75, 3.05) is 23.8 Å². The molecular weight excluding hydrogens is 491 g/mol. The second-order valence-electron chi connectivity index (χ2n) is 8.21. The highest BCUT2D eigenvalue weighted by molar-refractivity contribution is 8.00. The van der Waals surface area contributed by atoms with E-state index in [0.717, 1.165) is 10.5 Å². The largest absolute Gasteiger partial charge is 0.486 e. The Morgan fingerprint density at radius 3 is 2.19 bits per heavy atom. The molecule has 0 aliphatic carbocycles. The van der Waals surface area contributed by atoms with Crippen molar-refractivity contribution in [3.05, 3.63) is 114 Å². The van der Waals surface area contributed by atoms with Gasteiger partial charge in [0, 0.05) is 22.3 Å². The predicted octanol–water partition coefficient (Wildman–Crippen LogP) is 6.32. The molecule has 4 aromatic carbocycles. The highest BCUT2D eigenvalue weighted by atomic mass is 32.2. The quantitative estimate of drug-likeness (QED) is 0.282. The van der Waals surface area contributed by atoms with Crippen molar-refractivity contribution >= 4 is 35.0 Å². The number of amides is 2. The first-order chi connectivity index (χ1) is 18.1. The topological polar surface area (TPSA) is 76.7 Å². The van der Waals surface area contributed by atoms with Gasteiger partial charge in [-0.3, -0.25) is 9.59 Å². The third kappa shape index (κ3) is 5.92. The maximum Gasteiger partial charge on any atom is 0.258 e. The predicted molar refractivity (Wildman–Crippen MR) is 142 cm³/mol. The Balaban J connectivity index is 1.31. The molecule has 0 saturated heterocycles. The van der Waals surface area contributed by atoms with Crippen LogP contribution < -0.4 is 20.1 Å². The van der Waals surface area contributed by atoms with Crippen LogP contribution in [0.2, 0.25) is 0 Å². The summed E-state index contributed by atoms with van der Waals surface area (Å²) < 4.78 is 25.1. The Morgan fingerprint density at radius 2 is 1.43 bits per heavy atom. The Bertz CT molecular complexity index is 1410. The van der Waals surface area contributed by atoms with Crippen molar-refractivity contribution in [2.24, 2.45) is 0 Å². The summed E-state index contributed by atoms with van der Waals surface area (Å²) >= 11 is 1.38. The molecule has 1 aliphatic heterocycles. The lowest BCUT2D eigenvalue weighted by Gasteiger charge is -2.20. The van der Waals surface area contributed by atoms with Crippen LogP contribution in [0.25, 0.3) is 0 Å². The average molecular weight is 515 g/mol. The molecule has 1 heterocycles. The van der Waals surface area contributed by atoms with Crippen molar-refractivity contribution in [2.45, 2.75) is 10.1 Å². The number of ether oxygens (including phenoxy) is 2. The van der Waals surface area contributed by atoms with Crippen molar-refractivity contribution in [3.8, 4) is 11.5 Å². The Hall–Kier alpha value is -4.30. The van der Waals surface area contributed by atoms with Gasteiger partial charge < -0.3 is 20.1 Å². The van der Waals surface area contributed by atoms with E-state index < -0.39 is 17.0 Å². The normalized spacial score (nSPS) is 12.9. The van der Waals surface area contributed by atoms with Crippen molar-refractivity contribution in [1.29, 1.82) is 0 Å². The molecule has 0 fully saturated rings. The molecule has 1 aliphatic rings. The number of carbonyl (C=O) groups excluding carboxylic acids is 2. The second-order valence-corrected chi connectivity index (χ2v) is 9.39. The molecule has 37 heavy (non-hydrogen) atoms. The first-order valence-corrected chi connectivity index (χ1v) is 12.5. The molecule has 8 heteroatoms. The number of benzene rings is 4. The molecule has 1 unspecified atom stereocenters. The summed E-state index contributed by atoms with van der Waals surface area (Å²) in [7, 11) is 0. The fourth-order valence-corrected chi connectivity index (χ4v) is 4.85.